The molecule has 1 aliphatic carbocycles. The number of H-pyrrole nitrogens is 1. The van der Waals surface area contributed by atoms with E-state index in [-0.39, 0.29) is 23.5 Å². The van der Waals surface area contributed by atoms with Crippen LogP contribution >= 0.6 is 0 Å². The first-order valence-electron chi connectivity index (χ1n) is 14.1. The number of nitrogens with one attached hydrogen (secondary N) is 4. The Hall–Kier alpha value is -4.96. The van der Waals surface area contributed by atoms with E-state index < -0.39 is 0 Å². The summed E-state index contributed by atoms with van der Waals surface area (Å²) in [6.07, 6.45) is 8.94. The van der Waals surface area contributed by atoms with Gasteiger partial charge >= 0.3 is 0 Å². The Labute approximate surface area is 245 Å². The first kappa shape index (κ1) is 28.6. The molecule has 0 spiro atoms. The number of hydrogen-bond donors (Lipinski definition) is 6. The van der Waals surface area contributed by atoms with E-state index in [2.05, 4.69) is 44.7 Å². The van der Waals surface area contributed by atoms with Crippen molar-refractivity contribution < 1.29 is 9.53 Å². The number of methoxy groups -OCH3 is 1. The Morgan fingerprint density at radius 2 is 2.00 bits per heavy atom. The average molecular weight is 565 g/mol. The normalized spacial score (nSPS) is 12.8. The lowest BCUT2D eigenvalue weighted by atomic mass is 9.95. The molecule has 42 heavy (non-hydrogen) atoms. The van der Waals surface area contributed by atoms with Gasteiger partial charge in [0.15, 0.2) is 0 Å². The van der Waals surface area contributed by atoms with Gasteiger partial charge in [-0.3, -0.25) is 10.2 Å². The monoisotopic (exact) mass is 564 g/mol. The summed E-state index contributed by atoms with van der Waals surface area (Å²) in [6, 6.07) is 15.1. The Morgan fingerprint density at radius 3 is 2.74 bits per heavy atom. The van der Waals surface area contributed by atoms with Crippen LogP contribution in [0.4, 0.5) is 17.3 Å². The number of nitrogens with zero attached hydrogens (tertiary/aromatic N) is 2. The maximum atomic E-state index is 13.7. The molecule has 0 aliphatic heterocycles. The van der Waals surface area contributed by atoms with Gasteiger partial charge in [-0.05, 0) is 49.9 Å². The smallest absolute Gasteiger partial charge is 0.272 e. The van der Waals surface area contributed by atoms with Gasteiger partial charge < -0.3 is 31.8 Å². The predicted octanol–water partition coefficient (Wildman–Crippen LogP) is 5.23. The zero-order chi connectivity index (χ0) is 29.6. The van der Waals surface area contributed by atoms with E-state index >= 15 is 0 Å². The molecule has 4 aromatic rings. The van der Waals surface area contributed by atoms with Crippen LogP contribution in [-0.2, 0) is 6.42 Å². The number of hydrogen-bond acceptors (Lipinski definition) is 8. The van der Waals surface area contributed by atoms with Gasteiger partial charge in [0.05, 0.1) is 24.1 Å². The van der Waals surface area contributed by atoms with E-state index in [4.69, 9.17) is 21.6 Å². The van der Waals surface area contributed by atoms with E-state index in [1.165, 1.54) is 13.4 Å². The number of aromatic nitrogens is 3. The Balaban J connectivity index is 1.45. The Bertz CT molecular complexity index is 1630. The molecule has 5 rings (SSSR count). The lowest BCUT2D eigenvalue weighted by Gasteiger charge is -2.20. The van der Waals surface area contributed by atoms with Crippen molar-refractivity contribution in [1.82, 2.24) is 15.0 Å². The van der Waals surface area contributed by atoms with Crippen LogP contribution < -0.4 is 26.8 Å². The highest BCUT2D eigenvalue weighted by Crippen LogP contribution is 2.36. The zero-order valence-electron chi connectivity index (χ0n) is 23.8. The van der Waals surface area contributed by atoms with Crippen molar-refractivity contribution in [2.75, 3.05) is 30.0 Å². The van der Waals surface area contributed by atoms with Crippen molar-refractivity contribution in [3.8, 4) is 16.9 Å². The van der Waals surface area contributed by atoms with Crippen LogP contribution in [0, 0.1) is 5.41 Å². The standard InChI is InChI=1S/C32H36N8O2/c1-3-21(15-16-33)38-31-27(30(35)36-18-37-31)28(34)20-13-14-24(25(17-20)42-2)40-32(41)29-26(19-9-5-4-6-10-19)22-11-7-8-12-23(22)39-29/h4-7,9-11,13-14,17-18,21,34,39H,3,8,12,15-16,33H2,1-2H3,(H,40,41)(H3,35,36,37,38). The molecule has 1 amide bonds. The molecule has 1 aliphatic rings. The molecule has 8 N–H and O–H groups in total. The number of nitrogen functional groups attached to an aromatic ring is 1. The summed E-state index contributed by atoms with van der Waals surface area (Å²) in [5.74, 6) is 0.787. The molecule has 0 saturated carbocycles. The van der Waals surface area contributed by atoms with Gasteiger partial charge in [-0.2, -0.15) is 0 Å². The van der Waals surface area contributed by atoms with Crippen molar-refractivity contribution >= 4 is 35.0 Å². The van der Waals surface area contributed by atoms with E-state index in [9.17, 15) is 4.79 Å². The van der Waals surface area contributed by atoms with Gasteiger partial charge in [0, 0.05) is 28.4 Å². The van der Waals surface area contributed by atoms with E-state index in [0.29, 0.717) is 40.6 Å². The quantitative estimate of drug-likeness (QED) is 0.136. The maximum Gasteiger partial charge on any atom is 0.272 e. The van der Waals surface area contributed by atoms with Crippen LogP contribution in [0.5, 0.6) is 5.75 Å². The van der Waals surface area contributed by atoms with Gasteiger partial charge in [-0.25, -0.2) is 9.97 Å². The number of anilines is 3. The number of aryl methyl sites for hydroxylation is 1. The molecule has 10 nitrogen and oxygen atoms in total. The molecular formula is C32H36N8O2. The summed E-state index contributed by atoms with van der Waals surface area (Å²) >= 11 is 0. The third-order valence-corrected chi connectivity index (χ3v) is 7.47. The van der Waals surface area contributed by atoms with Gasteiger partial charge in [-0.1, -0.05) is 55.5 Å². The van der Waals surface area contributed by atoms with Crippen LogP contribution in [0.3, 0.4) is 0 Å². The third-order valence-electron chi connectivity index (χ3n) is 7.47. The first-order chi connectivity index (χ1) is 20.4. The predicted molar refractivity (Wildman–Crippen MR) is 168 cm³/mol. The molecule has 10 heteroatoms. The van der Waals surface area contributed by atoms with Crippen LogP contribution in [0.1, 0.15) is 59.1 Å². The van der Waals surface area contributed by atoms with Crippen LogP contribution in [0.2, 0.25) is 0 Å². The minimum atomic E-state index is -0.282. The summed E-state index contributed by atoms with van der Waals surface area (Å²) in [4.78, 5) is 25.6. The summed E-state index contributed by atoms with van der Waals surface area (Å²) in [7, 11) is 1.53. The summed E-state index contributed by atoms with van der Waals surface area (Å²) < 4.78 is 5.65. The molecular weight excluding hydrogens is 528 g/mol. The lowest BCUT2D eigenvalue weighted by Crippen LogP contribution is -2.25. The summed E-state index contributed by atoms with van der Waals surface area (Å²) in [6.45, 7) is 2.58. The van der Waals surface area contributed by atoms with Crippen molar-refractivity contribution in [2.24, 2.45) is 5.73 Å². The van der Waals surface area contributed by atoms with E-state index in [1.54, 1.807) is 18.2 Å². The fourth-order valence-electron chi connectivity index (χ4n) is 5.26. The second kappa shape index (κ2) is 12.7. The molecule has 2 aromatic carbocycles. The maximum absolute atomic E-state index is 13.7. The summed E-state index contributed by atoms with van der Waals surface area (Å²) in [5, 5.41) is 15.4. The second-order valence-electron chi connectivity index (χ2n) is 10.1. The number of nitrogens with two attached hydrogens (primary N) is 2. The molecule has 1 unspecified atom stereocenters. The van der Waals surface area contributed by atoms with Crippen molar-refractivity contribution in [1.29, 1.82) is 5.41 Å². The van der Waals surface area contributed by atoms with Crippen molar-refractivity contribution in [3.63, 3.8) is 0 Å². The van der Waals surface area contributed by atoms with E-state index in [0.717, 1.165) is 48.1 Å². The van der Waals surface area contributed by atoms with Gasteiger partial charge in [0.2, 0.25) is 0 Å². The molecule has 0 bridgehead atoms. The van der Waals surface area contributed by atoms with Crippen molar-refractivity contribution in [3.05, 3.63) is 89.0 Å². The highest BCUT2D eigenvalue weighted by atomic mass is 16.5. The second-order valence-corrected chi connectivity index (χ2v) is 10.1. The topological polar surface area (TPSA) is 168 Å². The molecule has 0 fully saturated rings. The minimum absolute atomic E-state index is 0.0814. The molecule has 1 atom stereocenters. The number of fused-ring (bicyclic) bond motifs is 1. The number of amides is 1. The van der Waals surface area contributed by atoms with Crippen LogP contribution in [0.25, 0.3) is 17.2 Å². The third kappa shape index (κ3) is 5.75. The number of rotatable bonds is 11. The highest BCUT2D eigenvalue weighted by Gasteiger charge is 2.25. The number of carbonyl (C=O) groups excluding carboxylic acids is 1. The number of ether oxygens (including phenoxy) is 1. The number of allylic oxidation sites excluding steroid dienone is 1. The van der Waals surface area contributed by atoms with Gasteiger partial charge in [-0.15, -0.1) is 0 Å². The van der Waals surface area contributed by atoms with Crippen LogP contribution in [0.15, 0.2) is 60.9 Å². The van der Waals surface area contributed by atoms with Crippen LogP contribution in [-0.4, -0.2) is 46.3 Å². The minimum Gasteiger partial charge on any atom is -0.495 e. The fourth-order valence-corrected chi connectivity index (χ4v) is 5.26. The Kier molecular flexibility index (Phi) is 8.63. The zero-order valence-corrected chi connectivity index (χ0v) is 23.8. The Morgan fingerprint density at radius 1 is 1.19 bits per heavy atom. The number of carbonyl (C=O) groups is 1. The average Bonchev–Trinajstić information content (AvgIpc) is 3.41. The number of aromatic amines is 1. The lowest BCUT2D eigenvalue weighted by molar-refractivity contribution is 0.102. The molecule has 2 aromatic heterocycles. The first-order valence-corrected chi connectivity index (χ1v) is 14.1. The molecule has 0 radical (unpaired) electrons. The highest BCUT2D eigenvalue weighted by molar-refractivity contribution is 6.17. The van der Waals surface area contributed by atoms with Crippen molar-refractivity contribution in [2.45, 2.75) is 38.6 Å². The summed E-state index contributed by atoms with van der Waals surface area (Å²) in [5.41, 5.74) is 17.9. The fraction of sp³-hybridized carbons (Fsp3) is 0.250. The largest absolute Gasteiger partial charge is 0.495 e. The molecule has 2 heterocycles. The molecule has 0 saturated heterocycles. The van der Waals surface area contributed by atoms with E-state index in [1.807, 2.05) is 30.3 Å². The SMILES string of the molecule is CCC(CCN)Nc1ncnc(N)c1C(=N)c1ccc(NC(=O)c2[nH]c3c(c2-c2ccccc2)C=CCC3)c(OC)c1. The van der Waals surface area contributed by atoms with Gasteiger partial charge in [0.1, 0.15) is 29.4 Å². The molecule has 216 valence electrons. The van der Waals surface area contributed by atoms with Gasteiger partial charge in [0.25, 0.3) is 5.91 Å². The number of benzene rings is 2.